The van der Waals surface area contributed by atoms with Gasteiger partial charge < -0.3 is 9.88 Å². The number of hydrogen-bond donors (Lipinski definition) is 2. The van der Waals surface area contributed by atoms with Crippen LogP contribution < -0.4 is 4.72 Å². The number of aromatic nitrogens is 2. The van der Waals surface area contributed by atoms with Gasteiger partial charge in [-0.05, 0) is 19.7 Å². The number of nitrogens with zero attached hydrogens (tertiary/aromatic N) is 2. The van der Waals surface area contributed by atoms with Crippen LogP contribution in [0.5, 0.6) is 0 Å². The van der Waals surface area contributed by atoms with Crippen molar-refractivity contribution in [2.75, 3.05) is 20.6 Å². The predicted molar refractivity (Wildman–Crippen MR) is 76.6 cm³/mol. The highest BCUT2D eigenvalue weighted by Crippen LogP contribution is 2.16. The average molecular weight is 294 g/mol. The summed E-state index contributed by atoms with van der Waals surface area (Å²) in [6, 6.07) is 9.18. The second-order valence-electron chi connectivity index (χ2n) is 4.76. The highest BCUT2D eigenvalue weighted by molar-refractivity contribution is 7.89. The third kappa shape index (κ3) is 3.66. The summed E-state index contributed by atoms with van der Waals surface area (Å²) in [6.45, 7) is 0.567. The van der Waals surface area contributed by atoms with Crippen molar-refractivity contribution < 1.29 is 8.42 Å². The molecule has 0 aliphatic heterocycles. The van der Waals surface area contributed by atoms with E-state index in [0.717, 1.165) is 5.56 Å². The molecule has 0 amide bonds. The molecule has 0 aliphatic carbocycles. The van der Waals surface area contributed by atoms with Gasteiger partial charge in [0.1, 0.15) is 0 Å². The van der Waals surface area contributed by atoms with Crippen LogP contribution in [0.15, 0.2) is 47.9 Å². The third-order valence-corrected chi connectivity index (χ3v) is 4.21. The van der Waals surface area contributed by atoms with Gasteiger partial charge in [-0.15, -0.1) is 0 Å². The van der Waals surface area contributed by atoms with Gasteiger partial charge in [-0.3, -0.25) is 0 Å². The van der Waals surface area contributed by atoms with E-state index in [1.807, 2.05) is 49.3 Å². The summed E-state index contributed by atoms with van der Waals surface area (Å²) in [4.78, 5) is 8.29. The van der Waals surface area contributed by atoms with E-state index in [1.165, 1.54) is 12.5 Å². The Balaban J connectivity index is 2.25. The average Bonchev–Trinajstić information content (AvgIpc) is 2.93. The number of H-pyrrole nitrogens is 1. The molecule has 20 heavy (non-hydrogen) atoms. The molecule has 1 aromatic heterocycles. The van der Waals surface area contributed by atoms with Crippen molar-refractivity contribution in [3.63, 3.8) is 0 Å². The summed E-state index contributed by atoms with van der Waals surface area (Å²) in [7, 11) is 0.202. The van der Waals surface area contributed by atoms with E-state index in [4.69, 9.17) is 0 Å². The fourth-order valence-electron chi connectivity index (χ4n) is 1.90. The van der Waals surface area contributed by atoms with E-state index >= 15 is 0 Å². The normalized spacial score (nSPS) is 13.6. The number of nitrogens with one attached hydrogen (secondary N) is 2. The van der Waals surface area contributed by atoms with Gasteiger partial charge >= 0.3 is 0 Å². The monoisotopic (exact) mass is 294 g/mol. The molecule has 0 bridgehead atoms. The number of aromatic amines is 1. The lowest BCUT2D eigenvalue weighted by Gasteiger charge is -2.22. The molecule has 0 saturated carbocycles. The maximum atomic E-state index is 12.3. The zero-order chi connectivity index (χ0) is 14.6. The van der Waals surface area contributed by atoms with Crippen molar-refractivity contribution in [3.05, 3.63) is 48.4 Å². The van der Waals surface area contributed by atoms with Crippen LogP contribution in [0, 0.1) is 0 Å². The summed E-state index contributed by atoms with van der Waals surface area (Å²) < 4.78 is 27.2. The summed E-state index contributed by atoms with van der Waals surface area (Å²) >= 11 is 0. The molecule has 2 rings (SSSR count). The highest BCUT2D eigenvalue weighted by atomic mass is 32.2. The lowest BCUT2D eigenvalue weighted by atomic mass is 10.1. The van der Waals surface area contributed by atoms with Gasteiger partial charge in [-0.1, -0.05) is 30.3 Å². The fraction of sp³-hybridized carbons (Fsp3) is 0.308. The Morgan fingerprint density at radius 2 is 2.00 bits per heavy atom. The molecule has 2 N–H and O–H groups in total. The Morgan fingerprint density at radius 3 is 2.55 bits per heavy atom. The van der Waals surface area contributed by atoms with E-state index in [9.17, 15) is 8.42 Å². The summed E-state index contributed by atoms with van der Waals surface area (Å²) in [5.74, 6) is 0. The van der Waals surface area contributed by atoms with Crippen molar-refractivity contribution in [1.29, 1.82) is 0 Å². The number of sulfonamides is 1. The molecule has 1 heterocycles. The Bertz CT molecular complexity index is 624. The number of rotatable bonds is 6. The van der Waals surface area contributed by atoms with Gasteiger partial charge in [0.25, 0.3) is 10.0 Å². The van der Waals surface area contributed by atoms with Crippen molar-refractivity contribution in [1.82, 2.24) is 19.6 Å². The molecule has 1 atom stereocenters. The molecule has 0 radical (unpaired) electrons. The van der Waals surface area contributed by atoms with Crippen molar-refractivity contribution in [2.45, 2.75) is 11.1 Å². The maximum Gasteiger partial charge on any atom is 0.258 e. The molecule has 0 saturated heterocycles. The number of benzene rings is 1. The summed E-state index contributed by atoms with van der Waals surface area (Å²) in [5, 5.41) is 0.0668. The standard InChI is InChI=1S/C13H18N4O2S/c1-17(2)9-12(11-6-4-3-5-7-11)16-20(18,19)13-8-14-10-15-13/h3-8,10,12,16H,9H2,1-2H3,(H,14,15). The van der Waals surface area contributed by atoms with E-state index in [2.05, 4.69) is 14.7 Å². The highest BCUT2D eigenvalue weighted by Gasteiger charge is 2.22. The number of likely N-dealkylation sites (N-methyl/N-ethyl adjacent to an activating group) is 1. The molecule has 6 nitrogen and oxygen atoms in total. The van der Waals surface area contributed by atoms with Crippen LogP contribution in [0.25, 0.3) is 0 Å². The first-order valence-electron chi connectivity index (χ1n) is 6.19. The SMILES string of the molecule is CN(C)CC(NS(=O)(=O)c1cnc[nH]1)c1ccccc1. The zero-order valence-corrected chi connectivity index (χ0v) is 12.3. The van der Waals surface area contributed by atoms with Crippen LogP contribution in [-0.2, 0) is 10.0 Å². The van der Waals surface area contributed by atoms with E-state index in [-0.39, 0.29) is 11.1 Å². The zero-order valence-electron chi connectivity index (χ0n) is 11.4. The first-order valence-corrected chi connectivity index (χ1v) is 7.68. The summed E-state index contributed by atoms with van der Waals surface area (Å²) in [6.07, 6.45) is 2.64. The smallest absolute Gasteiger partial charge is 0.258 e. The fourth-order valence-corrected chi connectivity index (χ4v) is 3.02. The molecular weight excluding hydrogens is 276 g/mol. The maximum absolute atomic E-state index is 12.3. The summed E-state index contributed by atoms with van der Waals surface area (Å²) in [5.41, 5.74) is 0.921. The minimum atomic E-state index is -3.60. The largest absolute Gasteiger partial charge is 0.335 e. The first-order chi connectivity index (χ1) is 9.49. The number of imidazole rings is 1. The van der Waals surface area contributed by atoms with E-state index in [1.54, 1.807) is 0 Å². The molecule has 108 valence electrons. The lowest BCUT2D eigenvalue weighted by molar-refractivity contribution is 0.363. The van der Waals surface area contributed by atoms with Gasteiger partial charge in [0.2, 0.25) is 0 Å². The van der Waals surface area contributed by atoms with Crippen LogP contribution in [-0.4, -0.2) is 43.9 Å². The van der Waals surface area contributed by atoms with Crippen molar-refractivity contribution in [3.8, 4) is 0 Å². The lowest BCUT2D eigenvalue weighted by Crippen LogP contribution is -2.35. The predicted octanol–water partition coefficient (Wildman–Crippen LogP) is 0.991. The van der Waals surface area contributed by atoms with Crippen LogP contribution in [0.3, 0.4) is 0 Å². The molecule has 1 unspecified atom stereocenters. The Kier molecular flexibility index (Phi) is 4.53. The second kappa shape index (κ2) is 6.17. The quantitative estimate of drug-likeness (QED) is 0.833. The van der Waals surface area contributed by atoms with Gasteiger partial charge in [0.15, 0.2) is 5.03 Å². The van der Waals surface area contributed by atoms with E-state index < -0.39 is 10.0 Å². The Labute approximate surface area is 118 Å². The van der Waals surface area contributed by atoms with Crippen LogP contribution in [0.4, 0.5) is 0 Å². The van der Waals surface area contributed by atoms with Gasteiger partial charge in [0.05, 0.1) is 18.6 Å². The van der Waals surface area contributed by atoms with Gasteiger partial charge in [-0.2, -0.15) is 0 Å². The molecule has 0 spiro atoms. The van der Waals surface area contributed by atoms with Crippen LogP contribution in [0.1, 0.15) is 11.6 Å². The Hall–Kier alpha value is -1.70. The van der Waals surface area contributed by atoms with Crippen molar-refractivity contribution in [2.24, 2.45) is 0 Å². The molecule has 1 aromatic carbocycles. The van der Waals surface area contributed by atoms with Crippen LogP contribution in [0.2, 0.25) is 0 Å². The molecule has 2 aromatic rings. The first kappa shape index (κ1) is 14.7. The topological polar surface area (TPSA) is 78.1 Å². The third-order valence-electron chi connectivity index (χ3n) is 2.81. The molecular formula is C13H18N4O2S. The molecule has 0 aliphatic rings. The minimum absolute atomic E-state index is 0.0668. The van der Waals surface area contributed by atoms with Crippen molar-refractivity contribution >= 4 is 10.0 Å². The van der Waals surface area contributed by atoms with E-state index in [0.29, 0.717) is 6.54 Å². The van der Waals surface area contributed by atoms with Gasteiger partial charge in [-0.25, -0.2) is 18.1 Å². The Morgan fingerprint density at radius 1 is 1.30 bits per heavy atom. The molecule has 7 heteroatoms. The minimum Gasteiger partial charge on any atom is -0.335 e. The number of hydrogen-bond acceptors (Lipinski definition) is 4. The molecule has 0 fully saturated rings. The van der Waals surface area contributed by atoms with Gasteiger partial charge in [0, 0.05) is 6.54 Å². The second-order valence-corrected chi connectivity index (χ2v) is 6.45. The van der Waals surface area contributed by atoms with Crippen LogP contribution >= 0.6 is 0 Å².